The van der Waals surface area contributed by atoms with Gasteiger partial charge in [-0.1, -0.05) is 17.7 Å². The van der Waals surface area contributed by atoms with Crippen molar-refractivity contribution >= 4 is 35.1 Å². The highest BCUT2D eigenvalue weighted by Crippen LogP contribution is 2.31. The van der Waals surface area contributed by atoms with Crippen LogP contribution in [0, 0.1) is 6.92 Å². The molecule has 4 rings (SSSR count). The molecule has 2 N–H and O–H groups in total. The van der Waals surface area contributed by atoms with E-state index in [1.165, 1.54) is 12.3 Å². The Morgan fingerprint density at radius 2 is 1.72 bits per heavy atom. The van der Waals surface area contributed by atoms with Crippen molar-refractivity contribution in [2.75, 3.05) is 13.2 Å². The number of rotatable bonds is 5. The van der Waals surface area contributed by atoms with Crippen molar-refractivity contribution in [2.24, 2.45) is 15.3 Å². The Balaban J connectivity index is 1.44. The number of azo groups is 1. The number of amides is 1. The van der Waals surface area contributed by atoms with Crippen LogP contribution < -0.4 is 14.9 Å². The van der Waals surface area contributed by atoms with E-state index in [9.17, 15) is 9.90 Å². The minimum Gasteiger partial charge on any atom is -0.507 e. The second-order valence-electron chi connectivity index (χ2n) is 6.93. The third-order valence-corrected chi connectivity index (χ3v) is 5.03. The Morgan fingerprint density at radius 3 is 2.50 bits per heavy atom. The molecule has 162 valence electrons. The zero-order chi connectivity index (χ0) is 22.5. The number of aryl methyl sites for hydroxylation is 1. The van der Waals surface area contributed by atoms with Gasteiger partial charge in [0.05, 0.1) is 17.6 Å². The summed E-state index contributed by atoms with van der Waals surface area (Å²) >= 11 is 6.10. The number of aromatic hydroxyl groups is 1. The molecule has 0 bridgehead atoms. The number of hydrogen-bond donors (Lipinski definition) is 2. The molecule has 0 spiro atoms. The molecule has 9 heteroatoms. The second-order valence-corrected chi connectivity index (χ2v) is 7.34. The fourth-order valence-corrected chi connectivity index (χ4v) is 3.05. The van der Waals surface area contributed by atoms with Crippen molar-refractivity contribution < 1.29 is 19.4 Å². The maximum atomic E-state index is 12.4. The number of fused-ring (bicyclic) bond motifs is 1. The van der Waals surface area contributed by atoms with E-state index in [-0.39, 0.29) is 5.75 Å². The number of phenolic OH excluding ortho intramolecular Hbond substituents is 1. The van der Waals surface area contributed by atoms with Crippen molar-refractivity contribution in [3.8, 4) is 17.2 Å². The summed E-state index contributed by atoms with van der Waals surface area (Å²) in [6, 6.07) is 14.9. The van der Waals surface area contributed by atoms with Gasteiger partial charge in [-0.05, 0) is 61.0 Å². The van der Waals surface area contributed by atoms with E-state index in [1.807, 2.05) is 13.0 Å². The summed E-state index contributed by atoms with van der Waals surface area (Å²) in [4.78, 5) is 12.4. The molecule has 3 aromatic rings. The zero-order valence-electron chi connectivity index (χ0n) is 17.1. The van der Waals surface area contributed by atoms with Crippen LogP contribution in [-0.4, -0.2) is 30.4 Å². The summed E-state index contributed by atoms with van der Waals surface area (Å²) in [7, 11) is 0. The molecule has 0 saturated heterocycles. The van der Waals surface area contributed by atoms with Crippen LogP contribution in [0.15, 0.2) is 69.9 Å². The SMILES string of the molecule is Cc1ccc(N=Nc2ccc(O)c(/C=N/NC(=O)c3ccc4c(c3)OCCO4)c2)cc1Cl. The molecule has 0 saturated carbocycles. The van der Waals surface area contributed by atoms with Gasteiger partial charge in [0.2, 0.25) is 0 Å². The second kappa shape index (κ2) is 9.49. The topological polar surface area (TPSA) is 105 Å². The number of benzene rings is 3. The van der Waals surface area contributed by atoms with E-state index < -0.39 is 5.91 Å². The smallest absolute Gasteiger partial charge is 0.271 e. The van der Waals surface area contributed by atoms with Gasteiger partial charge in [0.15, 0.2) is 11.5 Å². The van der Waals surface area contributed by atoms with E-state index in [1.54, 1.807) is 42.5 Å². The summed E-state index contributed by atoms with van der Waals surface area (Å²) < 4.78 is 10.9. The van der Waals surface area contributed by atoms with Crippen LogP contribution in [0.25, 0.3) is 0 Å². The number of carbonyl (C=O) groups excluding carboxylic acids is 1. The molecule has 0 atom stereocenters. The summed E-state index contributed by atoms with van der Waals surface area (Å²) in [5, 5.41) is 22.9. The average Bonchev–Trinajstić information content (AvgIpc) is 2.81. The molecule has 32 heavy (non-hydrogen) atoms. The predicted molar refractivity (Wildman–Crippen MR) is 121 cm³/mol. The van der Waals surface area contributed by atoms with Crippen molar-refractivity contribution in [1.82, 2.24) is 5.43 Å². The predicted octanol–water partition coefficient (Wildman–Crippen LogP) is 5.30. The standard InChI is InChI=1S/C23H19ClN4O4/c1-14-2-4-18(12-19(14)24)27-26-17-5-6-20(29)16(10-17)13-25-28-23(30)15-3-7-21-22(11-15)32-9-8-31-21/h2-7,10-13,29H,8-9H2,1H3,(H,28,30)/b25-13+,27-26?. The van der Waals surface area contributed by atoms with Crippen molar-refractivity contribution in [3.63, 3.8) is 0 Å². The largest absolute Gasteiger partial charge is 0.507 e. The van der Waals surface area contributed by atoms with E-state index in [4.69, 9.17) is 21.1 Å². The maximum absolute atomic E-state index is 12.4. The summed E-state index contributed by atoms with van der Waals surface area (Å²) in [6.07, 6.45) is 1.33. The van der Waals surface area contributed by atoms with Gasteiger partial charge in [-0.3, -0.25) is 4.79 Å². The number of hydrogen-bond acceptors (Lipinski definition) is 7. The monoisotopic (exact) mass is 450 g/mol. The van der Waals surface area contributed by atoms with Crippen LogP contribution in [0.1, 0.15) is 21.5 Å². The lowest BCUT2D eigenvalue weighted by Crippen LogP contribution is -2.19. The number of nitrogens with one attached hydrogen (secondary N) is 1. The van der Waals surface area contributed by atoms with E-state index in [0.29, 0.717) is 52.2 Å². The van der Waals surface area contributed by atoms with Gasteiger partial charge in [0.1, 0.15) is 19.0 Å². The fourth-order valence-electron chi connectivity index (χ4n) is 2.88. The third-order valence-electron chi connectivity index (χ3n) is 4.62. The molecule has 0 unspecified atom stereocenters. The molecule has 0 aliphatic carbocycles. The van der Waals surface area contributed by atoms with Crippen molar-refractivity contribution in [2.45, 2.75) is 6.92 Å². The molecular weight excluding hydrogens is 432 g/mol. The molecule has 1 amide bonds. The average molecular weight is 451 g/mol. The van der Waals surface area contributed by atoms with Gasteiger partial charge in [-0.25, -0.2) is 5.43 Å². The molecule has 1 aliphatic rings. The van der Waals surface area contributed by atoms with Crippen LogP contribution in [0.3, 0.4) is 0 Å². The van der Waals surface area contributed by atoms with Gasteiger partial charge in [-0.15, -0.1) is 0 Å². The summed E-state index contributed by atoms with van der Waals surface area (Å²) in [5.41, 5.74) is 5.22. The first-order valence-electron chi connectivity index (χ1n) is 9.73. The van der Waals surface area contributed by atoms with Gasteiger partial charge >= 0.3 is 0 Å². The minimum absolute atomic E-state index is 0.0142. The molecule has 8 nitrogen and oxygen atoms in total. The molecular formula is C23H19ClN4O4. The zero-order valence-corrected chi connectivity index (χ0v) is 17.8. The van der Waals surface area contributed by atoms with E-state index >= 15 is 0 Å². The first-order valence-corrected chi connectivity index (χ1v) is 10.1. The lowest BCUT2D eigenvalue weighted by Gasteiger charge is -2.18. The van der Waals surface area contributed by atoms with Crippen LogP contribution in [0.4, 0.5) is 11.4 Å². The number of nitrogens with zero attached hydrogens (tertiary/aromatic N) is 3. The number of ether oxygens (including phenoxy) is 2. The third kappa shape index (κ3) is 5.04. The Morgan fingerprint density at radius 1 is 1.00 bits per heavy atom. The van der Waals surface area contributed by atoms with Gasteiger partial charge in [0.25, 0.3) is 5.91 Å². The minimum atomic E-state index is -0.426. The Kier molecular flexibility index (Phi) is 6.32. The van der Waals surface area contributed by atoms with E-state index in [2.05, 4.69) is 20.8 Å². The quantitative estimate of drug-likeness (QED) is 0.312. The molecule has 1 heterocycles. The normalized spacial score (nSPS) is 12.9. The van der Waals surface area contributed by atoms with Crippen molar-refractivity contribution in [3.05, 3.63) is 76.3 Å². The lowest BCUT2D eigenvalue weighted by molar-refractivity contribution is 0.0954. The highest BCUT2D eigenvalue weighted by Gasteiger charge is 2.14. The highest BCUT2D eigenvalue weighted by atomic mass is 35.5. The van der Waals surface area contributed by atoms with Gasteiger partial charge < -0.3 is 14.6 Å². The Bertz CT molecular complexity index is 1230. The summed E-state index contributed by atoms with van der Waals surface area (Å²) in [5.74, 6) is 0.669. The van der Waals surface area contributed by atoms with Crippen LogP contribution >= 0.6 is 11.6 Å². The number of carbonyl (C=O) groups is 1. The Hall–Kier alpha value is -3.91. The molecule has 0 aromatic heterocycles. The van der Waals surface area contributed by atoms with Gasteiger partial charge in [0, 0.05) is 16.1 Å². The molecule has 0 radical (unpaired) electrons. The maximum Gasteiger partial charge on any atom is 0.271 e. The molecule has 3 aromatic carbocycles. The lowest BCUT2D eigenvalue weighted by atomic mass is 10.2. The number of halogens is 1. The first-order chi connectivity index (χ1) is 15.5. The highest BCUT2D eigenvalue weighted by molar-refractivity contribution is 6.31. The van der Waals surface area contributed by atoms with Crippen molar-refractivity contribution in [1.29, 1.82) is 0 Å². The van der Waals surface area contributed by atoms with Crippen LogP contribution in [0.5, 0.6) is 17.2 Å². The summed E-state index contributed by atoms with van der Waals surface area (Å²) in [6.45, 7) is 2.81. The van der Waals surface area contributed by atoms with Gasteiger partial charge in [-0.2, -0.15) is 15.3 Å². The molecule has 0 fully saturated rings. The fraction of sp³-hybridized carbons (Fsp3) is 0.130. The molecule has 1 aliphatic heterocycles. The Labute approximate surface area is 189 Å². The van der Waals surface area contributed by atoms with Crippen LogP contribution in [-0.2, 0) is 0 Å². The van der Waals surface area contributed by atoms with E-state index in [0.717, 1.165) is 5.56 Å². The first kappa shape index (κ1) is 21.3. The number of hydrazone groups is 1. The van der Waals surface area contributed by atoms with Crippen LogP contribution in [0.2, 0.25) is 5.02 Å². The number of phenols is 1.